The van der Waals surface area contributed by atoms with Gasteiger partial charge in [0.2, 0.25) is 0 Å². The number of H-pyrrole nitrogens is 1. The number of nitrogens with one attached hydrogen (secondary N) is 2. The maximum absolute atomic E-state index is 14.5. The summed E-state index contributed by atoms with van der Waals surface area (Å²) < 4.78 is 20.4. The lowest BCUT2D eigenvalue weighted by atomic mass is 9.60. The summed E-state index contributed by atoms with van der Waals surface area (Å²) in [5.41, 5.74) is 8.48. The lowest BCUT2D eigenvalue weighted by Gasteiger charge is -2.60. The number of ether oxygens (including phenoxy) is 1. The van der Waals surface area contributed by atoms with Crippen LogP contribution in [0.1, 0.15) is 37.4 Å². The van der Waals surface area contributed by atoms with Gasteiger partial charge in [0, 0.05) is 42.9 Å². The van der Waals surface area contributed by atoms with Crippen LogP contribution in [0.5, 0.6) is 11.8 Å². The molecule has 1 aromatic carbocycles. The van der Waals surface area contributed by atoms with Crippen molar-refractivity contribution in [1.82, 2.24) is 24.9 Å². The summed E-state index contributed by atoms with van der Waals surface area (Å²) in [6.45, 7) is 1.64. The molecule has 1 aliphatic heterocycles. The first kappa shape index (κ1) is 19.9. The molecule has 2 aliphatic carbocycles. The van der Waals surface area contributed by atoms with Crippen molar-refractivity contribution in [1.29, 1.82) is 0 Å². The monoisotopic (exact) mass is 460 g/mol. The summed E-state index contributed by atoms with van der Waals surface area (Å²) in [4.78, 5) is 23.8. The van der Waals surface area contributed by atoms with Crippen molar-refractivity contribution in [2.45, 2.75) is 37.6 Å². The largest absolute Gasteiger partial charge is 0.421 e. The number of hydrogen-bond donors (Lipinski definition) is 3. The minimum absolute atomic E-state index is 0.151. The molecule has 4 aromatic rings. The van der Waals surface area contributed by atoms with Crippen LogP contribution < -0.4 is 20.7 Å². The Balaban J connectivity index is 1.33. The molecule has 1 unspecified atom stereocenters. The van der Waals surface area contributed by atoms with Crippen molar-refractivity contribution >= 4 is 33.4 Å². The Kier molecular flexibility index (Phi) is 4.09. The normalized spacial score (nSPS) is 21.0. The van der Waals surface area contributed by atoms with Crippen LogP contribution in [0.4, 0.5) is 15.9 Å². The number of aromatic nitrogens is 5. The Labute approximate surface area is 195 Å². The number of hydrogen-bond acceptors (Lipinski definition) is 8. The van der Waals surface area contributed by atoms with E-state index in [9.17, 15) is 4.39 Å². The third kappa shape index (κ3) is 2.94. The number of nitrogens with two attached hydrogens (primary N) is 1. The molecule has 0 bridgehead atoms. The number of fused-ring (bicyclic) bond motifs is 3. The number of rotatable bonds is 5. The fraction of sp³-hybridized carbons (Fsp3) is 0.417. The molecule has 10 heteroatoms. The van der Waals surface area contributed by atoms with E-state index in [0.29, 0.717) is 23.0 Å². The Hall–Kier alpha value is -3.53. The molecule has 174 valence electrons. The molecule has 2 saturated carbocycles. The Bertz CT molecular complexity index is 1420. The summed E-state index contributed by atoms with van der Waals surface area (Å²) in [7, 11) is 1.77. The summed E-state index contributed by atoms with van der Waals surface area (Å²) in [6.07, 6.45) is 7.79. The van der Waals surface area contributed by atoms with Crippen molar-refractivity contribution in [3.63, 3.8) is 0 Å². The average molecular weight is 461 g/mol. The van der Waals surface area contributed by atoms with Crippen molar-refractivity contribution in [2.24, 2.45) is 11.1 Å². The highest BCUT2D eigenvalue weighted by molar-refractivity contribution is 6.14. The fourth-order valence-corrected chi connectivity index (χ4v) is 5.31. The predicted molar refractivity (Wildman–Crippen MR) is 127 cm³/mol. The third-order valence-electron chi connectivity index (χ3n) is 7.61. The fourth-order valence-electron chi connectivity index (χ4n) is 5.31. The molecule has 4 N–H and O–H groups in total. The number of nitrogens with zero attached hydrogens (tertiary/aromatic N) is 5. The Morgan fingerprint density at radius 1 is 1.18 bits per heavy atom. The van der Waals surface area contributed by atoms with Gasteiger partial charge < -0.3 is 25.7 Å². The van der Waals surface area contributed by atoms with Gasteiger partial charge >= 0.3 is 6.01 Å². The topological polar surface area (TPSA) is 118 Å². The van der Waals surface area contributed by atoms with E-state index in [0.717, 1.165) is 66.7 Å². The van der Waals surface area contributed by atoms with Crippen LogP contribution in [0.2, 0.25) is 0 Å². The highest BCUT2D eigenvalue weighted by Crippen LogP contribution is 2.50. The molecular weight excluding hydrogens is 435 g/mol. The number of aromatic amines is 1. The molecule has 4 heterocycles. The minimum atomic E-state index is -0.321. The van der Waals surface area contributed by atoms with Crippen LogP contribution in [-0.2, 0) is 0 Å². The molecular formula is C24H25FN8O. The summed E-state index contributed by atoms with van der Waals surface area (Å²) >= 11 is 0. The van der Waals surface area contributed by atoms with Gasteiger partial charge in [0.15, 0.2) is 5.75 Å². The zero-order valence-electron chi connectivity index (χ0n) is 18.8. The molecule has 7 rings (SSSR count). The van der Waals surface area contributed by atoms with E-state index in [1.54, 1.807) is 19.4 Å². The molecule has 3 aromatic heterocycles. The standard InChI is InChI=1S/C24H25FN8O/c1-27-16-7-13(25)6-15-18-21(30-19(15)16)31-23(34-14-8-28-20(29-9-14)12-2-3-12)32-22(18)33-10-24(11-33)5-4-17(24)26/h6-9,12,17,27H,2-5,10-11,26H2,1H3,(H,30,31,32). The summed E-state index contributed by atoms with van der Waals surface area (Å²) in [5, 5.41) is 4.57. The first-order valence-corrected chi connectivity index (χ1v) is 11.7. The van der Waals surface area contributed by atoms with Crippen molar-refractivity contribution < 1.29 is 9.13 Å². The SMILES string of the molecule is CNc1cc(F)cc2c1[nH]c1nc(Oc3cnc(C4CC4)nc3)nc(N3CC4(CCC4N)C3)c12. The second kappa shape index (κ2) is 6.99. The van der Waals surface area contributed by atoms with E-state index < -0.39 is 0 Å². The highest BCUT2D eigenvalue weighted by Gasteiger charge is 2.54. The predicted octanol–water partition coefficient (Wildman–Crippen LogP) is 3.68. The van der Waals surface area contributed by atoms with Gasteiger partial charge in [-0.25, -0.2) is 14.4 Å². The van der Waals surface area contributed by atoms with Gasteiger partial charge in [-0.3, -0.25) is 0 Å². The van der Waals surface area contributed by atoms with Gasteiger partial charge in [0.1, 0.15) is 23.1 Å². The smallest absolute Gasteiger partial charge is 0.326 e. The number of benzene rings is 1. The van der Waals surface area contributed by atoms with Crippen LogP contribution in [0.3, 0.4) is 0 Å². The van der Waals surface area contributed by atoms with Crippen LogP contribution >= 0.6 is 0 Å². The lowest BCUT2D eigenvalue weighted by Crippen LogP contribution is -2.69. The molecule has 9 nitrogen and oxygen atoms in total. The number of halogens is 1. The van der Waals surface area contributed by atoms with Gasteiger partial charge in [-0.1, -0.05) is 0 Å². The molecule has 3 aliphatic rings. The second-order valence-corrected chi connectivity index (χ2v) is 9.82. The average Bonchev–Trinajstić information content (AvgIpc) is 3.58. The van der Waals surface area contributed by atoms with E-state index in [1.807, 2.05) is 0 Å². The van der Waals surface area contributed by atoms with Gasteiger partial charge in [0.25, 0.3) is 0 Å². The molecule has 1 saturated heterocycles. The first-order valence-electron chi connectivity index (χ1n) is 11.7. The summed E-state index contributed by atoms with van der Waals surface area (Å²) in [6, 6.07) is 3.40. The maximum atomic E-state index is 14.5. The van der Waals surface area contributed by atoms with Crippen LogP contribution in [-0.4, -0.2) is 51.1 Å². The molecule has 3 fully saturated rings. The van der Waals surface area contributed by atoms with Crippen LogP contribution in [0.15, 0.2) is 24.5 Å². The maximum Gasteiger partial charge on any atom is 0.326 e. The number of anilines is 2. The van der Waals surface area contributed by atoms with Gasteiger partial charge in [-0.15, -0.1) is 0 Å². The van der Waals surface area contributed by atoms with Gasteiger partial charge in [0.05, 0.1) is 29.0 Å². The van der Waals surface area contributed by atoms with Crippen LogP contribution in [0.25, 0.3) is 21.9 Å². The second-order valence-electron chi connectivity index (χ2n) is 9.82. The molecule has 1 atom stereocenters. The van der Waals surface area contributed by atoms with Crippen LogP contribution in [0, 0.1) is 11.2 Å². The van der Waals surface area contributed by atoms with Crippen molar-refractivity contribution in [3.8, 4) is 11.8 Å². The minimum Gasteiger partial charge on any atom is -0.421 e. The van der Waals surface area contributed by atoms with E-state index in [1.165, 1.54) is 12.1 Å². The van der Waals surface area contributed by atoms with Crippen molar-refractivity contribution in [2.75, 3.05) is 30.4 Å². The van der Waals surface area contributed by atoms with Gasteiger partial charge in [-0.2, -0.15) is 9.97 Å². The van der Waals surface area contributed by atoms with E-state index >= 15 is 0 Å². The Morgan fingerprint density at radius 3 is 2.62 bits per heavy atom. The molecule has 34 heavy (non-hydrogen) atoms. The third-order valence-corrected chi connectivity index (χ3v) is 7.61. The van der Waals surface area contributed by atoms with Crippen molar-refractivity contribution in [3.05, 3.63) is 36.2 Å². The molecule has 0 radical (unpaired) electrons. The zero-order valence-corrected chi connectivity index (χ0v) is 18.8. The summed E-state index contributed by atoms with van der Waals surface area (Å²) in [5.74, 6) is 2.20. The molecule has 0 amide bonds. The Morgan fingerprint density at radius 2 is 1.97 bits per heavy atom. The van der Waals surface area contributed by atoms with E-state index in [4.69, 9.17) is 15.5 Å². The highest BCUT2D eigenvalue weighted by atomic mass is 19.1. The van der Waals surface area contributed by atoms with E-state index in [2.05, 4.69) is 30.2 Å². The molecule has 1 spiro atoms. The van der Waals surface area contributed by atoms with E-state index in [-0.39, 0.29) is 23.3 Å². The van der Waals surface area contributed by atoms with Gasteiger partial charge in [-0.05, 0) is 37.8 Å². The zero-order chi connectivity index (χ0) is 23.0. The quantitative estimate of drug-likeness (QED) is 0.413. The lowest BCUT2D eigenvalue weighted by molar-refractivity contribution is 0.0559. The first-order chi connectivity index (χ1) is 16.5.